The van der Waals surface area contributed by atoms with Crippen LogP contribution in [0, 0.1) is 12.7 Å². The summed E-state index contributed by atoms with van der Waals surface area (Å²) in [5.41, 5.74) is 3.12. The highest BCUT2D eigenvalue weighted by Gasteiger charge is 2.32. The van der Waals surface area contributed by atoms with Crippen LogP contribution >= 0.6 is 11.8 Å². The first-order valence-electron chi connectivity index (χ1n) is 9.27. The van der Waals surface area contributed by atoms with E-state index in [2.05, 4.69) is 10.3 Å². The molecule has 7 heteroatoms. The van der Waals surface area contributed by atoms with Crippen LogP contribution < -0.4 is 10.9 Å². The van der Waals surface area contributed by atoms with Crippen molar-refractivity contribution in [3.63, 3.8) is 0 Å². The van der Waals surface area contributed by atoms with Crippen LogP contribution in [0.5, 0.6) is 0 Å². The molecule has 1 atom stereocenters. The number of thioether (sulfide) groups is 1. The third-order valence-corrected chi connectivity index (χ3v) is 6.13. The fraction of sp³-hybridized carbons (Fsp3) is 0.227. The van der Waals surface area contributed by atoms with Gasteiger partial charge < -0.3 is 9.88 Å². The zero-order valence-corrected chi connectivity index (χ0v) is 16.9. The van der Waals surface area contributed by atoms with E-state index in [1.165, 1.54) is 23.9 Å². The number of aromatic nitrogens is 2. The maximum absolute atomic E-state index is 13.1. The Morgan fingerprint density at radius 1 is 1.21 bits per heavy atom. The van der Waals surface area contributed by atoms with Gasteiger partial charge in [-0.05, 0) is 30.2 Å². The number of fused-ring (bicyclic) bond motifs is 1. The number of aryl methyl sites for hydroxylation is 1. The monoisotopic (exact) mass is 409 g/mol. The highest BCUT2D eigenvalue weighted by molar-refractivity contribution is 7.98. The summed E-state index contributed by atoms with van der Waals surface area (Å²) in [5, 5.41) is 3.35. The molecule has 1 aromatic heterocycles. The molecule has 0 saturated heterocycles. The lowest BCUT2D eigenvalue weighted by atomic mass is 9.86. The predicted molar refractivity (Wildman–Crippen MR) is 112 cm³/mol. The number of anilines is 1. The fourth-order valence-corrected chi connectivity index (χ4v) is 4.49. The third kappa shape index (κ3) is 3.96. The molecule has 0 aliphatic carbocycles. The van der Waals surface area contributed by atoms with Gasteiger partial charge in [0.2, 0.25) is 5.91 Å². The van der Waals surface area contributed by atoms with Gasteiger partial charge in [0.05, 0.1) is 5.56 Å². The van der Waals surface area contributed by atoms with E-state index in [9.17, 15) is 14.0 Å². The Kier molecular flexibility index (Phi) is 5.24. The second kappa shape index (κ2) is 7.83. The number of rotatable bonds is 4. The number of nitrogens with zero attached hydrogens (tertiary/aromatic N) is 2. The number of nitrogens with one attached hydrogen (secondary N) is 1. The van der Waals surface area contributed by atoms with Crippen molar-refractivity contribution in [1.82, 2.24) is 9.55 Å². The van der Waals surface area contributed by atoms with Crippen LogP contribution in [0.2, 0.25) is 0 Å². The van der Waals surface area contributed by atoms with Crippen LogP contribution in [-0.2, 0) is 17.6 Å². The highest BCUT2D eigenvalue weighted by atomic mass is 32.2. The lowest BCUT2D eigenvalue weighted by Gasteiger charge is -2.27. The molecule has 5 nitrogen and oxygen atoms in total. The Labute approximate surface area is 172 Å². The van der Waals surface area contributed by atoms with Gasteiger partial charge in [-0.1, -0.05) is 53.7 Å². The van der Waals surface area contributed by atoms with E-state index in [-0.39, 0.29) is 29.6 Å². The van der Waals surface area contributed by atoms with E-state index in [4.69, 9.17) is 0 Å². The van der Waals surface area contributed by atoms with Crippen LogP contribution in [0.25, 0.3) is 0 Å². The smallest absolute Gasteiger partial charge is 0.279 e. The minimum Gasteiger partial charge on any atom is -0.312 e. The zero-order valence-electron chi connectivity index (χ0n) is 16.1. The lowest BCUT2D eigenvalue weighted by Crippen LogP contribution is -2.33. The number of halogens is 1. The average molecular weight is 409 g/mol. The van der Waals surface area contributed by atoms with E-state index in [0.717, 1.165) is 16.7 Å². The van der Waals surface area contributed by atoms with E-state index >= 15 is 0 Å². The molecular weight excluding hydrogens is 389 g/mol. The summed E-state index contributed by atoms with van der Waals surface area (Å²) in [5.74, 6) is 0.298. The molecule has 1 aliphatic heterocycles. The molecule has 1 amide bonds. The lowest BCUT2D eigenvalue weighted by molar-refractivity contribution is -0.116. The zero-order chi connectivity index (χ0) is 20.5. The van der Waals surface area contributed by atoms with Crippen molar-refractivity contribution in [2.45, 2.75) is 30.2 Å². The summed E-state index contributed by atoms with van der Waals surface area (Å²) in [6.45, 7) is 1.98. The number of hydrogen-bond acceptors (Lipinski definition) is 4. The number of carbonyl (C=O) groups is 1. The summed E-state index contributed by atoms with van der Waals surface area (Å²) in [7, 11) is 1.79. The van der Waals surface area contributed by atoms with E-state index in [1.807, 2.05) is 31.2 Å². The van der Waals surface area contributed by atoms with E-state index < -0.39 is 0 Å². The van der Waals surface area contributed by atoms with Gasteiger partial charge in [0.1, 0.15) is 11.6 Å². The van der Waals surface area contributed by atoms with Crippen LogP contribution in [-0.4, -0.2) is 15.5 Å². The minimum absolute atomic E-state index is 0.125. The quantitative estimate of drug-likeness (QED) is 0.523. The highest BCUT2D eigenvalue weighted by Crippen LogP contribution is 2.36. The van der Waals surface area contributed by atoms with Crippen molar-refractivity contribution < 1.29 is 9.18 Å². The van der Waals surface area contributed by atoms with Crippen molar-refractivity contribution in [1.29, 1.82) is 0 Å². The Morgan fingerprint density at radius 2 is 1.97 bits per heavy atom. The fourth-order valence-electron chi connectivity index (χ4n) is 3.56. The molecule has 1 aliphatic rings. The molecule has 0 saturated carbocycles. The molecule has 0 spiro atoms. The van der Waals surface area contributed by atoms with Crippen LogP contribution in [0.15, 0.2) is 58.5 Å². The first kappa shape index (κ1) is 19.4. The molecule has 148 valence electrons. The third-order valence-electron chi connectivity index (χ3n) is 5.03. The Morgan fingerprint density at radius 3 is 2.69 bits per heavy atom. The van der Waals surface area contributed by atoms with Gasteiger partial charge in [0.25, 0.3) is 5.56 Å². The molecule has 1 unspecified atom stereocenters. The normalized spacial score (nSPS) is 15.7. The first-order chi connectivity index (χ1) is 13.9. The summed E-state index contributed by atoms with van der Waals surface area (Å²) in [6.07, 6.45) is 0.218. The number of amides is 1. The summed E-state index contributed by atoms with van der Waals surface area (Å²) in [6, 6.07) is 14.1. The van der Waals surface area contributed by atoms with Crippen molar-refractivity contribution in [2.24, 2.45) is 7.05 Å². The van der Waals surface area contributed by atoms with Crippen molar-refractivity contribution in [3.8, 4) is 0 Å². The summed E-state index contributed by atoms with van der Waals surface area (Å²) < 4.78 is 14.8. The van der Waals surface area contributed by atoms with Gasteiger partial charge in [0.15, 0.2) is 5.16 Å². The van der Waals surface area contributed by atoms with Gasteiger partial charge in [-0.2, -0.15) is 4.98 Å². The molecule has 3 aromatic rings. The molecule has 1 N–H and O–H groups in total. The second-order valence-electron chi connectivity index (χ2n) is 7.15. The van der Waals surface area contributed by atoms with Crippen molar-refractivity contribution in [2.75, 3.05) is 5.32 Å². The van der Waals surface area contributed by atoms with Crippen molar-refractivity contribution >= 4 is 23.5 Å². The predicted octanol–water partition coefficient (Wildman–Crippen LogP) is 3.99. The standard InChI is InChI=1S/C22H20FN3O2S/c1-13-4-3-5-15(10-13)17-11-18(27)24-20-19(17)21(28)25-22(26(20)2)29-12-14-6-8-16(23)9-7-14/h3-10,17H,11-12H2,1-2H3,(H,24,27). The molecule has 0 fully saturated rings. The molecule has 2 heterocycles. The molecule has 0 bridgehead atoms. The number of hydrogen-bond donors (Lipinski definition) is 1. The average Bonchev–Trinajstić information content (AvgIpc) is 2.70. The van der Waals surface area contributed by atoms with Crippen LogP contribution in [0.3, 0.4) is 0 Å². The molecular formula is C22H20FN3O2S. The molecule has 4 rings (SSSR count). The summed E-state index contributed by atoms with van der Waals surface area (Å²) >= 11 is 1.37. The van der Waals surface area contributed by atoms with E-state index in [0.29, 0.717) is 22.3 Å². The first-order valence-corrected chi connectivity index (χ1v) is 10.3. The van der Waals surface area contributed by atoms with E-state index in [1.54, 1.807) is 23.7 Å². The SMILES string of the molecule is Cc1cccc(C2CC(=O)Nc3c2c(=O)nc(SCc2ccc(F)cc2)n3C)c1. The van der Waals surface area contributed by atoms with Gasteiger partial charge in [-0.3, -0.25) is 9.59 Å². The van der Waals surface area contributed by atoms with Gasteiger partial charge in [0, 0.05) is 25.1 Å². The van der Waals surface area contributed by atoms with Gasteiger partial charge in [-0.25, -0.2) is 4.39 Å². The number of carbonyl (C=O) groups excluding carboxylic acids is 1. The maximum atomic E-state index is 13.1. The Balaban J connectivity index is 1.71. The van der Waals surface area contributed by atoms with Crippen LogP contribution in [0.4, 0.5) is 10.2 Å². The van der Waals surface area contributed by atoms with Crippen LogP contribution in [0.1, 0.15) is 34.6 Å². The maximum Gasteiger partial charge on any atom is 0.279 e. The largest absolute Gasteiger partial charge is 0.312 e. The number of benzene rings is 2. The molecule has 0 radical (unpaired) electrons. The second-order valence-corrected chi connectivity index (χ2v) is 8.10. The summed E-state index contributed by atoms with van der Waals surface area (Å²) in [4.78, 5) is 29.6. The van der Waals surface area contributed by atoms with Gasteiger partial charge in [-0.15, -0.1) is 0 Å². The Bertz CT molecular complexity index is 1140. The Hall–Kier alpha value is -2.93. The topological polar surface area (TPSA) is 64.0 Å². The van der Waals surface area contributed by atoms with Crippen molar-refractivity contribution in [3.05, 3.63) is 87.0 Å². The molecule has 2 aromatic carbocycles. The molecule has 29 heavy (non-hydrogen) atoms. The van der Waals surface area contributed by atoms with Gasteiger partial charge >= 0.3 is 0 Å². The minimum atomic E-state index is -0.328.